The summed E-state index contributed by atoms with van der Waals surface area (Å²) in [5.74, 6) is 2.71. The third-order valence-electron chi connectivity index (χ3n) is 6.42. The fourth-order valence-electron chi connectivity index (χ4n) is 4.52. The van der Waals surface area contributed by atoms with Crippen molar-refractivity contribution >= 4 is 17.1 Å². The Morgan fingerprint density at radius 1 is 0.432 bits per heavy atom. The Morgan fingerprint density at radius 3 is 0.919 bits per heavy atom. The quantitative estimate of drug-likeness (QED) is 0.232. The predicted molar refractivity (Wildman–Crippen MR) is 148 cm³/mol. The summed E-state index contributed by atoms with van der Waals surface area (Å²) in [6.45, 7) is 5.88. The lowest BCUT2D eigenvalue weighted by atomic mass is 10.1. The third-order valence-corrected chi connectivity index (χ3v) is 6.42. The summed E-state index contributed by atoms with van der Waals surface area (Å²) in [5.41, 5.74) is 9.51. The maximum absolute atomic E-state index is 4.34. The van der Waals surface area contributed by atoms with E-state index in [0.717, 1.165) is 68.3 Å². The van der Waals surface area contributed by atoms with Crippen LogP contribution in [0.2, 0.25) is 0 Å². The van der Waals surface area contributed by atoms with E-state index < -0.39 is 0 Å². The van der Waals surface area contributed by atoms with E-state index in [0.29, 0.717) is 0 Å². The molecule has 0 saturated carbocycles. The fourth-order valence-corrected chi connectivity index (χ4v) is 4.52. The molecular formula is C30H27N7. The van der Waals surface area contributed by atoms with Crippen molar-refractivity contribution in [3.63, 3.8) is 0 Å². The van der Waals surface area contributed by atoms with Crippen molar-refractivity contribution in [1.29, 1.82) is 0 Å². The first-order valence-corrected chi connectivity index (χ1v) is 12.2. The smallest absolute Gasteiger partial charge is 0.103 e. The summed E-state index contributed by atoms with van der Waals surface area (Å²) in [4.78, 5) is 25.2. The fraction of sp³-hybridized carbons (Fsp3) is 0.100. The molecule has 37 heavy (non-hydrogen) atoms. The van der Waals surface area contributed by atoms with E-state index in [2.05, 4.69) is 108 Å². The lowest BCUT2D eigenvalue weighted by molar-refractivity contribution is 1.15. The molecule has 0 spiro atoms. The minimum Gasteiger partial charge on any atom is -0.342 e. The molecular weight excluding hydrogens is 458 g/mol. The van der Waals surface area contributed by atoms with Crippen LogP contribution in [-0.4, -0.2) is 29.9 Å². The monoisotopic (exact) mass is 485 g/mol. The van der Waals surface area contributed by atoms with Crippen LogP contribution in [0.3, 0.4) is 0 Å². The van der Waals surface area contributed by atoms with E-state index in [-0.39, 0.29) is 0 Å². The molecule has 182 valence electrons. The van der Waals surface area contributed by atoms with Crippen LogP contribution in [0, 0.1) is 20.8 Å². The van der Waals surface area contributed by atoms with Crippen molar-refractivity contribution in [3.05, 3.63) is 109 Å². The zero-order chi connectivity index (χ0) is 25.4. The first-order chi connectivity index (χ1) is 18.0. The Kier molecular flexibility index (Phi) is 5.65. The highest BCUT2D eigenvalue weighted by atomic mass is 15.1. The van der Waals surface area contributed by atoms with Gasteiger partial charge in [-0.1, -0.05) is 36.4 Å². The molecule has 3 N–H and O–H groups in total. The van der Waals surface area contributed by atoms with Crippen molar-refractivity contribution in [1.82, 2.24) is 29.9 Å². The number of aryl methyl sites for hydroxylation is 3. The molecule has 3 aromatic heterocycles. The molecule has 0 bridgehead atoms. The van der Waals surface area contributed by atoms with Gasteiger partial charge in [0.05, 0.1) is 35.7 Å². The number of hydrogen-bond donors (Lipinski definition) is 3. The van der Waals surface area contributed by atoms with Gasteiger partial charge in [-0.25, -0.2) is 15.0 Å². The van der Waals surface area contributed by atoms with Crippen LogP contribution < -0.4 is 4.90 Å². The summed E-state index contributed by atoms with van der Waals surface area (Å²) >= 11 is 0. The standard InChI is InChI=1S/C30H27N7/c1-19-31-16-28(34-19)22-4-10-25(11-5-22)37(26-12-6-23(7-13-26)29-17-32-20(2)35-29)27-14-8-24(9-15-27)30-18-33-21(3)36-30/h4-18H,1-3H3,(H,31,34)(H,32,35)(H,33,36). The van der Waals surface area contributed by atoms with Gasteiger partial charge in [-0.2, -0.15) is 0 Å². The molecule has 0 aliphatic carbocycles. The summed E-state index contributed by atoms with van der Waals surface area (Å²) in [7, 11) is 0. The number of nitrogens with zero attached hydrogens (tertiary/aromatic N) is 4. The van der Waals surface area contributed by atoms with E-state index in [4.69, 9.17) is 0 Å². The van der Waals surface area contributed by atoms with Crippen molar-refractivity contribution in [2.75, 3.05) is 4.90 Å². The first-order valence-electron chi connectivity index (χ1n) is 12.2. The lowest BCUT2D eigenvalue weighted by Gasteiger charge is -2.26. The molecule has 0 aliphatic heterocycles. The van der Waals surface area contributed by atoms with Crippen LogP contribution in [0.25, 0.3) is 33.8 Å². The normalized spacial score (nSPS) is 11.1. The number of imidazole rings is 3. The van der Waals surface area contributed by atoms with Crippen LogP contribution in [0.5, 0.6) is 0 Å². The molecule has 0 saturated heterocycles. The summed E-state index contributed by atoms with van der Waals surface area (Å²) in [6.07, 6.45) is 5.61. The highest BCUT2D eigenvalue weighted by Crippen LogP contribution is 2.37. The zero-order valence-corrected chi connectivity index (χ0v) is 20.9. The Balaban J connectivity index is 1.38. The van der Waals surface area contributed by atoms with Crippen molar-refractivity contribution < 1.29 is 0 Å². The van der Waals surface area contributed by atoms with Gasteiger partial charge in [-0.15, -0.1) is 0 Å². The average molecular weight is 486 g/mol. The summed E-state index contributed by atoms with van der Waals surface area (Å²) in [5, 5.41) is 0. The van der Waals surface area contributed by atoms with Gasteiger partial charge >= 0.3 is 0 Å². The van der Waals surface area contributed by atoms with E-state index >= 15 is 0 Å². The molecule has 7 heteroatoms. The van der Waals surface area contributed by atoms with Gasteiger partial charge in [0.25, 0.3) is 0 Å². The molecule has 3 heterocycles. The molecule has 0 fully saturated rings. The number of hydrogen-bond acceptors (Lipinski definition) is 4. The van der Waals surface area contributed by atoms with Gasteiger partial charge in [0, 0.05) is 17.1 Å². The van der Waals surface area contributed by atoms with Gasteiger partial charge < -0.3 is 19.9 Å². The van der Waals surface area contributed by atoms with Crippen molar-refractivity contribution in [2.45, 2.75) is 20.8 Å². The molecule has 3 aromatic carbocycles. The average Bonchev–Trinajstić information content (AvgIpc) is 3.67. The highest BCUT2D eigenvalue weighted by Gasteiger charge is 2.14. The van der Waals surface area contributed by atoms with Gasteiger partial charge in [0.15, 0.2) is 0 Å². The number of benzene rings is 3. The number of rotatable bonds is 6. The van der Waals surface area contributed by atoms with Crippen LogP contribution in [0.15, 0.2) is 91.4 Å². The van der Waals surface area contributed by atoms with Crippen LogP contribution in [0.1, 0.15) is 17.5 Å². The van der Waals surface area contributed by atoms with E-state index in [1.54, 1.807) is 0 Å². The van der Waals surface area contributed by atoms with Crippen LogP contribution in [0.4, 0.5) is 17.1 Å². The predicted octanol–water partition coefficient (Wildman–Crippen LogP) is 7.25. The third kappa shape index (κ3) is 4.54. The SMILES string of the molecule is Cc1ncc(-c2ccc(N(c3ccc(-c4cnc(C)[nH]4)cc3)c3ccc(-c4cnc(C)[nH]4)cc3)cc2)[nH]1. The molecule has 0 aliphatic rings. The minimum atomic E-state index is 0.904. The first kappa shape index (κ1) is 22.5. The topological polar surface area (TPSA) is 89.3 Å². The Hall–Kier alpha value is -4.91. The number of nitrogens with one attached hydrogen (secondary N) is 3. The number of aromatic amines is 3. The van der Waals surface area contributed by atoms with Crippen molar-refractivity contribution in [3.8, 4) is 33.8 Å². The largest absolute Gasteiger partial charge is 0.342 e. The van der Waals surface area contributed by atoms with Gasteiger partial charge in [-0.3, -0.25) is 0 Å². The van der Waals surface area contributed by atoms with Gasteiger partial charge in [0.2, 0.25) is 0 Å². The van der Waals surface area contributed by atoms with Crippen LogP contribution in [-0.2, 0) is 0 Å². The second-order valence-corrected chi connectivity index (χ2v) is 9.12. The number of anilines is 3. The molecule has 0 atom stereocenters. The molecule has 0 amide bonds. The lowest BCUT2D eigenvalue weighted by Crippen LogP contribution is -2.09. The maximum Gasteiger partial charge on any atom is 0.103 e. The summed E-state index contributed by atoms with van der Waals surface area (Å²) in [6, 6.07) is 25.6. The van der Waals surface area contributed by atoms with E-state index in [9.17, 15) is 0 Å². The highest BCUT2D eigenvalue weighted by molar-refractivity contribution is 5.80. The second kappa shape index (κ2) is 9.28. The minimum absolute atomic E-state index is 0.904. The van der Waals surface area contributed by atoms with Crippen molar-refractivity contribution in [2.24, 2.45) is 0 Å². The summed E-state index contributed by atoms with van der Waals surface area (Å²) < 4.78 is 0. The van der Waals surface area contributed by atoms with E-state index in [1.165, 1.54) is 0 Å². The number of aromatic nitrogens is 6. The molecule has 6 rings (SSSR count). The molecule has 6 aromatic rings. The van der Waals surface area contributed by atoms with Gasteiger partial charge in [0.1, 0.15) is 17.5 Å². The molecule has 0 unspecified atom stereocenters. The Morgan fingerprint density at radius 2 is 0.703 bits per heavy atom. The number of H-pyrrole nitrogens is 3. The Bertz CT molecular complexity index is 1440. The van der Waals surface area contributed by atoms with Gasteiger partial charge in [-0.05, 0) is 73.9 Å². The zero-order valence-electron chi connectivity index (χ0n) is 20.9. The van der Waals surface area contributed by atoms with E-state index in [1.807, 2.05) is 39.4 Å². The van der Waals surface area contributed by atoms with Crippen LogP contribution >= 0.6 is 0 Å². The molecule has 7 nitrogen and oxygen atoms in total. The Labute approximate surface area is 215 Å². The molecule has 0 radical (unpaired) electrons. The maximum atomic E-state index is 4.34. The second-order valence-electron chi connectivity index (χ2n) is 9.12.